The molecule has 1 aromatic heterocycles. The molecule has 0 saturated carbocycles. The van der Waals surface area contributed by atoms with Gasteiger partial charge >= 0.3 is 0 Å². The standard InChI is InChI=1S/C19H31N3O3/c1-5-6-15-16(14(3)23)13(2)22-17(15)18(24)21-11-19(12-25-4)7-9-20-10-8-19/h20,22H,5-12H2,1-4H3,(H,21,24). The number of aromatic amines is 1. The molecule has 0 unspecified atom stereocenters. The first-order valence-electron chi connectivity index (χ1n) is 9.14. The van der Waals surface area contributed by atoms with Crippen LogP contribution in [0, 0.1) is 12.3 Å². The lowest BCUT2D eigenvalue weighted by Crippen LogP contribution is -2.47. The molecule has 0 spiro atoms. The van der Waals surface area contributed by atoms with Crippen LogP contribution >= 0.6 is 0 Å². The number of Topliss-reactive ketones (excluding diaryl/α,β-unsaturated/α-hetero) is 1. The molecule has 2 rings (SSSR count). The minimum atomic E-state index is -0.131. The molecule has 1 aromatic rings. The summed E-state index contributed by atoms with van der Waals surface area (Å²) in [6.07, 6.45) is 3.56. The molecule has 140 valence electrons. The minimum absolute atomic E-state index is 0.00505. The number of amides is 1. The summed E-state index contributed by atoms with van der Waals surface area (Å²) in [5, 5.41) is 6.44. The van der Waals surface area contributed by atoms with Gasteiger partial charge in [-0.3, -0.25) is 9.59 Å². The molecule has 6 nitrogen and oxygen atoms in total. The molecule has 0 atom stereocenters. The predicted octanol–water partition coefficient (Wildman–Crippen LogP) is 2.22. The van der Waals surface area contributed by atoms with Crippen molar-refractivity contribution in [2.75, 3.05) is 33.4 Å². The summed E-state index contributed by atoms with van der Waals surface area (Å²) < 4.78 is 5.41. The lowest BCUT2D eigenvalue weighted by atomic mass is 9.79. The largest absolute Gasteiger partial charge is 0.384 e. The highest BCUT2D eigenvalue weighted by Crippen LogP contribution is 2.28. The summed E-state index contributed by atoms with van der Waals surface area (Å²) in [4.78, 5) is 27.9. The number of carbonyl (C=O) groups is 2. The number of carbonyl (C=O) groups excluding carboxylic acids is 2. The number of aromatic nitrogens is 1. The Balaban J connectivity index is 2.17. The Bertz CT molecular complexity index is 610. The molecule has 6 heteroatoms. The van der Waals surface area contributed by atoms with E-state index in [1.165, 1.54) is 0 Å². The van der Waals surface area contributed by atoms with Crippen LogP contribution in [0.3, 0.4) is 0 Å². The molecule has 1 aliphatic rings. The maximum atomic E-state index is 12.8. The molecule has 1 fully saturated rings. The second-order valence-corrected chi connectivity index (χ2v) is 7.15. The smallest absolute Gasteiger partial charge is 0.268 e. The van der Waals surface area contributed by atoms with E-state index >= 15 is 0 Å². The van der Waals surface area contributed by atoms with Gasteiger partial charge in [0, 0.05) is 30.3 Å². The van der Waals surface area contributed by atoms with Crippen LogP contribution in [-0.4, -0.2) is 50.0 Å². The molecule has 0 aliphatic carbocycles. The van der Waals surface area contributed by atoms with Crippen molar-refractivity contribution in [2.45, 2.75) is 46.5 Å². The van der Waals surface area contributed by atoms with Crippen LogP contribution in [-0.2, 0) is 11.2 Å². The van der Waals surface area contributed by atoms with Gasteiger partial charge in [0.2, 0.25) is 0 Å². The summed E-state index contributed by atoms with van der Waals surface area (Å²) in [6, 6.07) is 0. The molecule has 1 saturated heterocycles. The zero-order valence-electron chi connectivity index (χ0n) is 15.9. The Hall–Kier alpha value is -1.66. The lowest BCUT2D eigenvalue weighted by molar-refractivity contribution is 0.0510. The molecule has 25 heavy (non-hydrogen) atoms. The van der Waals surface area contributed by atoms with Crippen molar-refractivity contribution >= 4 is 11.7 Å². The molecule has 2 heterocycles. The van der Waals surface area contributed by atoms with E-state index in [0.29, 0.717) is 24.4 Å². The van der Waals surface area contributed by atoms with Gasteiger partial charge in [-0.1, -0.05) is 13.3 Å². The van der Waals surface area contributed by atoms with Crippen LogP contribution in [0.5, 0.6) is 0 Å². The average Bonchev–Trinajstić information content (AvgIpc) is 2.91. The highest BCUT2D eigenvalue weighted by atomic mass is 16.5. The fourth-order valence-electron chi connectivity index (χ4n) is 3.84. The van der Waals surface area contributed by atoms with E-state index < -0.39 is 0 Å². The number of aryl methyl sites for hydroxylation is 1. The maximum absolute atomic E-state index is 12.8. The SMILES string of the molecule is CCCc1c(C(=O)NCC2(COC)CCNCC2)[nH]c(C)c1C(C)=O. The lowest BCUT2D eigenvalue weighted by Gasteiger charge is -2.37. The summed E-state index contributed by atoms with van der Waals surface area (Å²) in [5.41, 5.74) is 2.79. The van der Waals surface area contributed by atoms with Gasteiger partial charge in [0.1, 0.15) is 5.69 Å². The third-order valence-corrected chi connectivity index (χ3v) is 5.11. The number of ketones is 1. The Morgan fingerprint density at radius 2 is 1.96 bits per heavy atom. The third-order valence-electron chi connectivity index (χ3n) is 5.11. The first-order valence-corrected chi connectivity index (χ1v) is 9.14. The zero-order valence-corrected chi connectivity index (χ0v) is 15.9. The van der Waals surface area contributed by atoms with Crippen molar-refractivity contribution in [1.29, 1.82) is 0 Å². The van der Waals surface area contributed by atoms with E-state index in [0.717, 1.165) is 50.0 Å². The molecule has 3 N–H and O–H groups in total. The molecule has 1 amide bonds. The van der Waals surface area contributed by atoms with Crippen molar-refractivity contribution in [3.05, 3.63) is 22.5 Å². The van der Waals surface area contributed by atoms with Crippen molar-refractivity contribution in [3.63, 3.8) is 0 Å². The van der Waals surface area contributed by atoms with E-state index in [4.69, 9.17) is 4.74 Å². The zero-order chi connectivity index (χ0) is 18.4. The minimum Gasteiger partial charge on any atom is -0.384 e. The van der Waals surface area contributed by atoms with Crippen LogP contribution in [0.4, 0.5) is 0 Å². The van der Waals surface area contributed by atoms with Gasteiger partial charge in [0.25, 0.3) is 5.91 Å². The molecule has 1 aliphatic heterocycles. The Morgan fingerprint density at radius 1 is 1.28 bits per heavy atom. The third kappa shape index (κ3) is 4.50. The number of rotatable bonds is 8. The van der Waals surface area contributed by atoms with E-state index in [1.807, 2.05) is 6.92 Å². The van der Waals surface area contributed by atoms with Crippen LogP contribution < -0.4 is 10.6 Å². The van der Waals surface area contributed by atoms with Crippen molar-refractivity contribution in [2.24, 2.45) is 5.41 Å². The van der Waals surface area contributed by atoms with E-state index in [2.05, 4.69) is 22.5 Å². The number of nitrogens with one attached hydrogen (secondary N) is 3. The van der Waals surface area contributed by atoms with Crippen molar-refractivity contribution < 1.29 is 14.3 Å². The van der Waals surface area contributed by atoms with Crippen LogP contribution in [0.25, 0.3) is 0 Å². The quantitative estimate of drug-likeness (QED) is 0.629. The number of piperidine rings is 1. The van der Waals surface area contributed by atoms with Crippen molar-refractivity contribution in [3.8, 4) is 0 Å². The number of ether oxygens (including phenoxy) is 1. The van der Waals surface area contributed by atoms with Gasteiger partial charge in [0.15, 0.2) is 5.78 Å². The molecule has 0 radical (unpaired) electrons. The van der Waals surface area contributed by atoms with Gasteiger partial charge < -0.3 is 20.4 Å². The van der Waals surface area contributed by atoms with Crippen LogP contribution in [0.1, 0.15) is 65.2 Å². The van der Waals surface area contributed by atoms with Crippen LogP contribution in [0.2, 0.25) is 0 Å². The van der Waals surface area contributed by atoms with E-state index in [1.54, 1.807) is 14.0 Å². The molecular formula is C19H31N3O3. The first kappa shape index (κ1) is 19.7. The first-order chi connectivity index (χ1) is 11.9. The number of hydrogen-bond acceptors (Lipinski definition) is 4. The second-order valence-electron chi connectivity index (χ2n) is 7.15. The highest BCUT2D eigenvalue weighted by molar-refractivity contribution is 6.02. The van der Waals surface area contributed by atoms with Gasteiger partial charge in [-0.25, -0.2) is 0 Å². The Morgan fingerprint density at radius 3 is 2.52 bits per heavy atom. The van der Waals surface area contributed by atoms with Gasteiger partial charge in [-0.2, -0.15) is 0 Å². The van der Waals surface area contributed by atoms with Crippen LogP contribution in [0.15, 0.2) is 0 Å². The second kappa shape index (κ2) is 8.63. The predicted molar refractivity (Wildman–Crippen MR) is 98.3 cm³/mol. The fourth-order valence-corrected chi connectivity index (χ4v) is 3.84. The Labute approximate surface area is 150 Å². The fraction of sp³-hybridized carbons (Fsp3) is 0.684. The van der Waals surface area contributed by atoms with Gasteiger partial charge in [-0.05, 0) is 51.8 Å². The number of methoxy groups -OCH3 is 1. The monoisotopic (exact) mass is 349 g/mol. The normalized spacial score (nSPS) is 16.6. The molecular weight excluding hydrogens is 318 g/mol. The topological polar surface area (TPSA) is 83.2 Å². The summed E-state index contributed by atoms with van der Waals surface area (Å²) in [6.45, 7) is 8.56. The van der Waals surface area contributed by atoms with Gasteiger partial charge in [-0.15, -0.1) is 0 Å². The van der Waals surface area contributed by atoms with E-state index in [-0.39, 0.29) is 17.1 Å². The van der Waals surface area contributed by atoms with Gasteiger partial charge in [0.05, 0.1) is 6.61 Å². The summed E-state index contributed by atoms with van der Waals surface area (Å²) in [7, 11) is 1.71. The van der Waals surface area contributed by atoms with Crippen molar-refractivity contribution in [1.82, 2.24) is 15.6 Å². The number of H-pyrrole nitrogens is 1. The molecule has 0 aromatic carbocycles. The number of hydrogen-bond donors (Lipinski definition) is 3. The van der Waals surface area contributed by atoms with E-state index in [9.17, 15) is 9.59 Å². The highest BCUT2D eigenvalue weighted by Gasteiger charge is 2.33. The molecule has 0 bridgehead atoms. The Kier molecular flexibility index (Phi) is 6.79. The summed E-state index contributed by atoms with van der Waals surface area (Å²) in [5.74, 6) is -0.126. The average molecular weight is 349 g/mol. The maximum Gasteiger partial charge on any atom is 0.268 e. The summed E-state index contributed by atoms with van der Waals surface area (Å²) >= 11 is 0.